The molecule has 20 aromatic rings. The lowest BCUT2D eigenvalue weighted by molar-refractivity contribution is 0.953. The van der Waals surface area contributed by atoms with Crippen molar-refractivity contribution in [3.05, 3.63) is 382 Å². The fraction of sp³-hybridized carbons (Fsp3) is 0. The van der Waals surface area contributed by atoms with Gasteiger partial charge in [0.05, 0.1) is 22.1 Å². The minimum absolute atomic E-state index is 0.561. The number of nitrogens with zero attached hydrogens (tertiary/aromatic N) is 5. The summed E-state index contributed by atoms with van der Waals surface area (Å²) in [5, 5.41) is 11.7. The first kappa shape index (κ1) is 60.1. The molecule has 0 aliphatic heterocycles. The van der Waals surface area contributed by atoms with Gasteiger partial charge in [-0.15, -0.1) is 0 Å². The number of hydrogen-bond donors (Lipinski definition) is 0. The van der Waals surface area contributed by atoms with Gasteiger partial charge in [-0.1, -0.05) is 285 Å². The van der Waals surface area contributed by atoms with E-state index < -0.39 is 0 Å². The van der Waals surface area contributed by atoms with Crippen LogP contribution in [0.5, 0.6) is 0 Å². The first-order chi connectivity index (χ1) is 51.5. The zero-order valence-corrected chi connectivity index (χ0v) is 56.6. The van der Waals surface area contributed by atoms with Crippen molar-refractivity contribution in [2.75, 3.05) is 0 Å². The van der Waals surface area contributed by atoms with Crippen LogP contribution in [0.2, 0.25) is 0 Å². The maximum Gasteiger partial charge on any atom is 0.238 e. The molecule has 0 fully saturated rings. The van der Waals surface area contributed by atoms with E-state index >= 15 is 0 Å². The van der Waals surface area contributed by atoms with Gasteiger partial charge in [-0.25, -0.2) is 4.98 Å². The lowest BCUT2D eigenvalue weighted by atomic mass is 9.84. The molecule has 0 amide bonds. The molecule has 3 aromatic heterocycles. The summed E-state index contributed by atoms with van der Waals surface area (Å²) in [7, 11) is 0. The summed E-state index contributed by atoms with van der Waals surface area (Å²) >= 11 is 0. The van der Waals surface area contributed by atoms with E-state index in [0.29, 0.717) is 17.6 Å². The van der Waals surface area contributed by atoms with E-state index in [0.717, 1.165) is 122 Å². The first-order valence-corrected chi connectivity index (χ1v) is 35.5. The molecule has 0 aliphatic rings. The second-order valence-electron chi connectivity index (χ2n) is 27.0. The molecule has 5 nitrogen and oxygen atoms in total. The molecule has 5 heteroatoms. The molecular formula is C99H63N5. The number of benzene rings is 17. The Morgan fingerprint density at radius 1 is 0.173 bits per heavy atom. The maximum absolute atomic E-state index is 5.24. The molecule has 20 rings (SSSR count). The molecular weight excluding hydrogens is 1260 g/mol. The van der Waals surface area contributed by atoms with Crippen molar-refractivity contribution in [3.8, 4) is 123 Å². The van der Waals surface area contributed by atoms with Crippen molar-refractivity contribution in [2.24, 2.45) is 0 Å². The third kappa shape index (κ3) is 10.5. The van der Waals surface area contributed by atoms with Gasteiger partial charge in [-0.3, -0.25) is 4.57 Å². The van der Waals surface area contributed by atoms with Crippen molar-refractivity contribution in [3.63, 3.8) is 0 Å². The van der Waals surface area contributed by atoms with Crippen LogP contribution < -0.4 is 0 Å². The molecule has 0 aliphatic carbocycles. The zero-order chi connectivity index (χ0) is 68.6. The summed E-state index contributed by atoms with van der Waals surface area (Å²) in [5.41, 5.74) is 25.6. The summed E-state index contributed by atoms with van der Waals surface area (Å²) in [4.78, 5) is 15.5. The van der Waals surface area contributed by atoms with Crippen LogP contribution in [0.4, 0.5) is 0 Å². The Balaban J connectivity index is 0.813. The Bertz CT molecular complexity index is 6630. The highest BCUT2D eigenvalue weighted by Crippen LogP contribution is 2.48. The summed E-state index contributed by atoms with van der Waals surface area (Å²) < 4.78 is 4.63. The minimum atomic E-state index is 0.561. The van der Waals surface area contributed by atoms with E-state index in [1.165, 1.54) is 60.1 Å². The van der Waals surface area contributed by atoms with Gasteiger partial charge in [0, 0.05) is 38.4 Å². The van der Waals surface area contributed by atoms with Gasteiger partial charge in [-0.2, -0.15) is 9.97 Å². The molecule has 0 saturated carbocycles. The van der Waals surface area contributed by atoms with E-state index in [2.05, 4.69) is 355 Å². The van der Waals surface area contributed by atoms with E-state index in [1.54, 1.807) is 0 Å². The fourth-order valence-corrected chi connectivity index (χ4v) is 16.0. The van der Waals surface area contributed by atoms with Crippen LogP contribution in [-0.4, -0.2) is 24.1 Å². The van der Waals surface area contributed by atoms with Gasteiger partial charge in [0.1, 0.15) is 0 Å². The van der Waals surface area contributed by atoms with E-state index in [4.69, 9.17) is 15.0 Å². The summed E-state index contributed by atoms with van der Waals surface area (Å²) in [6.07, 6.45) is 0. The molecule has 17 aromatic carbocycles. The monoisotopic (exact) mass is 1320 g/mol. The van der Waals surface area contributed by atoms with Crippen LogP contribution in [0.15, 0.2) is 382 Å². The zero-order valence-electron chi connectivity index (χ0n) is 56.6. The van der Waals surface area contributed by atoms with Crippen LogP contribution in [0, 0.1) is 0 Å². The molecule has 104 heavy (non-hydrogen) atoms. The average Bonchev–Trinajstić information content (AvgIpc) is 1.53. The molecule has 0 N–H and O–H groups in total. The average molecular weight is 1320 g/mol. The first-order valence-electron chi connectivity index (χ1n) is 35.5. The smallest absolute Gasteiger partial charge is 0.238 e. The van der Waals surface area contributed by atoms with Crippen molar-refractivity contribution in [1.82, 2.24) is 24.1 Å². The van der Waals surface area contributed by atoms with Crippen LogP contribution in [0.3, 0.4) is 0 Å². The Morgan fingerprint density at radius 2 is 0.538 bits per heavy atom. The topological polar surface area (TPSA) is 48.5 Å². The number of para-hydroxylation sites is 2. The molecule has 484 valence electrons. The van der Waals surface area contributed by atoms with Crippen molar-refractivity contribution >= 4 is 75.9 Å². The normalized spacial score (nSPS) is 11.7. The second kappa shape index (κ2) is 25.1. The highest BCUT2D eigenvalue weighted by molar-refractivity contribution is 6.15. The van der Waals surface area contributed by atoms with Crippen LogP contribution >= 0.6 is 0 Å². The predicted octanol–water partition coefficient (Wildman–Crippen LogP) is 26.2. The van der Waals surface area contributed by atoms with E-state index in [9.17, 15) is 0 Å². The summed E-state index contributed by atoms with van der Waals surface area (Å²) in [6.45, 7) is 0. The molecule has 0 radical (unpaired) electrons. The Labute approximate surface area is 601 Å². The van der Waals surface area contributed by atoms with Gasteiger partial charge in [0.15, 0.2) is 11.6 Å². The standard InChI is InChI=1S/C99H63N5/c1-6-24-64(25-7-1)75-54-76(65-26-8-2-9-27-65)56-78(55-75)79-57-77(58-80(59-79)96-87(85-42-23-35-67-29-17-19-39-83(67)85)50-46-68-44-45-74(63-88(68)96)84-41-22-34-66-28-16-18-38-82(66)84)73-49-52-94-91(62-73)90-61-72(47-51-93(90)103(94)81-36-14-5-15-37-81)71-48-53-95-89(60-71)86-40-20-21-43-92(86)104(95)99-101-97(69-30-10-3-11-31-69)100-98(102-99)70-32-12-4-13-33-70/h1-63H. The second-order valence-corrected chi connectivity index (χ2v) is 27.0. The van der Waals surface area contributed by atoms with E-state index in [-0.39, 0.29) is 0 Å². The third-order valence-corrected chi connectivity index (χ3v) is 20.9. The van der Waals surface area contributed by atoms with Gasteiger partial charge in [0.25, 0.3) is 0 Å². The van der Waals surface area contributed by atoms with Crippen molar-refractivity contribution in [1.29, 1.82) is 0 Å². The lowest BCUT2D eigenvalue weighted by Gasteiger charge is -2.20. The van der Waals surface area contributed by atoms with Crippen LogP contribution in [-0.2, 0) is 0 Å². The van der Waals surface area contributed by atoms with Gasteiger partial charge in [-0.05, 0) is 218 Å². The van der Waals surface area contributed by atoms with Gasteiger partial charge >= 0.3 is 0 Å². The third-order valence-electron chi connectivity index (χ3n) is 20.9. The number of aromatic nitrogens is 5. The largest absolute Gasteiger partial charge is 0.309 e. The fourth-order valence-electron chi connectivity index (χ4n) is 16.0. The van der Waals surface area contributed by atoms with Gasteiger partial charge in [0.2, 0.25) is 5.95 Å². The molecule has 3 heterocycles. The molecule has 0 atom stereocenters. The Kier molecular flexibility index (Phi) is 14.5. The van der Waals surface area contributed by atoms with Crippen molar-refractivity contribution in [2.45, 2.75) is 0 Å². The highest BCUT2D eigenvalue weighted by Gasteiger charge is 2.23. The van der Waals surface area contributed by atoms with E-state index in [1.807, 2.05) is 36.4 Å². The predicted molar refractivity (Wildman–Crippen MR) is 435 cm³/mol. The van der Waals surface area contributed by atoms with Crippen LogP contribution in [0.1, 0.15) is 0 Å². The molecule has 0 bridgehead atoms. The summed E-state index contributed by atoms with van der Waals surface area (Å²) in [6, 6.07) is 140. The Morgan fingerprint density at radius 3 is 1.10 bits per heavy atom. The lowest BCUT2D eigenvalue weighted by Crippen LogP contribution is -2.06. The number of hydrogen-bond acceptors (Lipinski definition) is 3. The minimum Gasteiger partial charge on any atom is -0.309 e. The quantitative estimate of drug-likeness (QED) is 0.122. The summed E-state index contributed by atoms with van der Waals surface area (Å²) in [5.74, 6) is 1.79. The molecule has 0 spiro atoms. The van der Waals surface area contributed by atoms with Crippen LogP contribution in [0.25, 0.3) is 199 Å². The van der Waals surface area contributed by atoms with Crippen molar-refractivity contribution < 1.29 is 0 Å². The number of fused-ring (bicyclic) bond motifs is 9. The highest BCUT2D eigenvalue weighted by atomic mass is 15.2. The maximum atomic E-state index is 5.24. The Hall–Kier alpha value is -13.9. The molecule has 0 unspecified atom stereocenters. The SMILES string of the molecule is c1ccc(-c2cc(-c3ccccc3)cc(-c3cc(-c4ccc5c(c4)c4cc(-c6ccc7c(c6)c6ccccc6n7-c6nc(-c7ccccc7)nc(-c7ccccc7)n6)ccc4n5-c4ccccc4)cc(-c4c(-c5cccc6ccccc56)ccc5ccc(-c6cccc7ccccc67)cc45)c3)c2)cc1. The number of rotatable bonds is 12. The van der Waals surface area contributed by atoms with Gasteiger partial charge < -0.3 is 4.57 Å². The molecule has 0 saturated heterocycles.